The summed E-state index contributed by atoms with van der Waals surface area (Å²) >= 11 is 7.59. The molecule has 3 aliphatic heterocycles. The topological polar surface area (TPSA) is 98.8 Å². The molecule has 3 aliphatic rings. The zero-order chi connectivity index (χ0) is 37.6. The minimum Gasteiger partial charge on any atom is -0.493 e. The highest BCUT2D eigenvalue weighted by Crippen LogP contribution is 2.50. The molecular formula is C41H51N3O7S2. The molecule has 0 aromatic heterocycles. The van der Waals surface area contributed by atoms with Gasteiger partial charge in [0.2, 0.25) is 5.91 Å². The van der Waals surface area contributed by atoms with Crippen LogP contribution in [-0.4, -0.2) is 86.4 Å². The molecular weight excluding hydrogens is 711 g/mol. The van der Waals surface area contributed by atoms with Crippen LogP contribution in [0.2, 0.25) is 0 Å². The number of nitrogens with zero attached hydrogens (tertiary/aromatic N) is 2. The number of hydrogen-bond donors (Lipinski definition) is 1. The summed E-state index contributed by atoms with van der Waals surface area (Å²) in [4.78, 5) is 30.3. The number of esters is 1. The fourth-order valence-electron chi connectivity index (χ4n) is 8.46. The van der Waals surface area contributed by atoms with Gasteiger partial charge in [0.15, 0.2) is 23.0 Å². The smallest absolute Gasteiger partial charge is 0.338 e. The maximum Gasteiger partial charge on any atom is 0.338 e. The van der Waals surface area contributed by atoms with Gasteiger partial charge in [-0.25, -0.2) is 4.79 Å². The number of methoxy groups -OCH3 is 4. The van der Waals surface area contributed by atoms with E-state index in [0.29, 0.717) is 39.8 Å². The van der Waals surface area contributed by atoms with E-state index in [4.69, 9.17) is 35.9 Å². The van der Waals surface area contributed by atoms with E-state index in [1.165, 1.54) is 34.0 Å². The van der Waals surface area contributed by atoms with Crippen molar-refractivity contribution in [2.24, 2.45) is 11.8 Å². The average molecular weight is 762 g/mol. The molecule has 0 saturated carbocycles. The lowest BCUT2D eigenvalue weighted by Crippen LogP contribution is -2.45. The summed E-state index contributed by atoms with van der Waals surface area (Å²) in [5, 5.41) is 2.95. The Morgan fingerprint density at radius 2 is 1.43 bits per heavy atom. The third-order valence-corrected chi connectivity index (χ3v) is 12.5. The molecule has 53 heavy (non-hydrogen) atoms. The normalized spacial score (nSPS) is 20.9. The minimum atomic E-state index is -0.388. The van der Waals surface area contributed by atoms with Crippen LogP contribution in [0.3, 0.4) is 0 Å². The van der Waals surface area contributed by atoms with E-state index in [1.54, 1.807) is 59.6 Å². The van der Waals surface area contributed by atoms with Crippen LogP contribution in [0.15, 0.2) is 48.5 Å². The summed E-state index contributed by atoms with van der Waals surface area (Å²) in [5.41, 5.74) is 6.19. The molecule has 0 spiro atoms. The molecule has 0 aliphatic carbocycles. The predicted octanol–water partition coefficient (Wildman–Crippen LogP) is 7.49. The van der Waals surface area contributed by atoms with Crippen LogP contribution in [-0.2, 0) is 22.4 Å². The quantitative estimate of drug-likeness (QED) is 0.156. The van der Waals surface area contributed by atoms with Crippen molar-refractivity contribution in [2.75, 3.05) is 65.7 Å². The number of carbonyl (C=O) groups excluding carboxylic acids is 2. The summed E-state index contributed by atoms with van der Waals surface area (Å²) in [7, 11) is 6.76. The Bertz CT molecular complexity index is 1800. The lowest BCUT2D eigenvalue weighted by atomic mass is 9.75. The number of anilines is 1. The van der Waals surface area contributed by atoms with Gasteiger partial charge in [-0.15, -0.1) is 0 Å². The van der Waals surface area contributed by atoms with E-state index in [9.17, 15) is 9.59 Å². The average Bonchev–Trinajstić information content (AvgIpc) is 3.38. The van der Waals surface area contributed by atoms with Crippen LogP contribution in [0.5, 0.6) is 23.0 Å². The molecule has 3 aromatic rings. The maximum absolute atomic E-state index is 13.2. The second kappa shape index (κ2) is 17.4. The summed E-state index contributed by atoms with van der Waals surface area (Å²) in [5.74, 6) is 3.33. The highest BCUT2D eigenvalue weighted by Gasteiger charge is 2.43. The summed E-state index contributed by atoms with van der Waals surface area (Å²) in [6, 6.07) is 15.7. The molecule has 1 fully saturated rings. The molecule has 12 heteroatoms. The van der Waals surface area contributed by atoms with Gasteiger partial charge in [0, 0.05) is 31.4 Å². The van der Waals surface area contributed by atoms with Gasteiger partial charge < -0.3 is 33.9 Å². The minimum absolute atomic E-state index is 0.00761. The Kier molecular flexibility index (Phi) is 12.7. The van der Waals surface area contributed by atoms with Crippen molar-refractivity contribution in [2.45, 2.75) is 58.0 Å². The second-order valence-corrected chi connectivity index (χ2v) is 15.4. The van der Waals surface area contributed by atoms with Crippen LogP contribution >= 0.6 is 24.0 Å². The Balaban J connectivity index is 1.26. The molecule has 3 heterocycles. The van der Waals surface area contributed by atoms with E-state index in [0.717, 1.165) is 69.0 Å². The lowest BCUT2D eigenvalue weighted by Gasteiger charge is -2.45. The van der Waals surface area contributed by atoms with Crippen LogP contribution < -0.4 is 24.3 Å². The fourth-order valence-corrected chi connectivity index (χ4v) is 9.54. The zero-order valence-corrected chi connectivity index (χ0v) is 33.2. The van der Waals surface area contributed by atoms with Gasteiger partial charge in [0.1, 0.15) is 4.32 Å². The van der Waals surface area contributed by atoms with Gasteiger partial charge in [-0.3, -0.25) is 9.69 Å². The monoisotopic (exact) mass is 761 g/mol. The molecule has 4 atom stereocenters. The first-order chi connectivity index (χ1) is 25.7. The predicted molar refractivity (Wildman–Crippen MR) is 213 cm³/mol. The van der Waals surface area contributed by atoms with E-state index in [1.807, 2.05) is 0 Å². The Labute approximate surface area is 322 Å². The van der Waals surface area contributed by atoms with Gasteiger partial charge >= 0.3 is 5.97 Å². The molecule has 1 amide bonds. The number of hydrogen-bond acceptors (Lipinski definition) is 10. The number of ether oxygens (including phenoxy) is 5. The molecule has 10 nitrogen and oxygen atoms in total. The molecule has 6 rings (SSSR count). The van der Waals surface area contributed by atoms with Crippen LogP contribution in [0.25, 0.3) is 0 Å². The number of rotatable bonds is 11. The number of thioether (sulfide) groups is 1. The number of fused-ring (bicyclic) bond motifs is 4. The largest absolute Gasteiger partial charge is 0.493 e. The summed E-state index contributed by atoms with van der Waals surface area (Å²) < 4.78 is 28.8. The second-order valence-electron chi connectivity index (χ2n) is 13.8. The Hall–Kier alpha value is -4.00. The molecule has 1 N–H and O–H groups in total. The molecule has 0 radical (unpaired) electrons. The third-order valence-electron chi connectivity index (χ3n) is 11.1. The maximum atomic E-state index is 13.2. The third kappa shape index (κ3) is 8.24. The Morgan fingerprint density at radius 1 is 0.830 bits per heavy atom. The van der Waals surface area contributed by atoms with Crippen molar-refractivity contribution < 1.29 is 33.3 Å². The van der Waals surface area contributed by atoms with Gasteiger partial charge in [0.05, 0.1) is 52.4 Å². The molecule has 1 saturated heterocycles. The van der Waals surface area contributed by atoms with Gasteiger partial charge in [-0.1, -0.05) is 37.3 Å². The number of carbonyl (C=O) groups is 2. The van der Waals surface area contributed by atoms with Crippen LogP contribution in [0.1, 0.15) is 77.8 Å². The number of thiocarbonyl (C=S) groups is 1. The van der Waals surface area contributed by atoms with Crippen molar-refractivity contribution in [3.05, 3.63) is 76.3 Å². The number of nitrogens with one attached hydrogen (secondary N) is 1. The van der Waals surface area contributed by atoms with Gasteiger partial charge in [-0.2, -0.15) is 0 Å². The summed E-state index contributed by atoms with van der Waals surface area (Å²) in [6.45, 7) is 7.12. The van der Waals surface area contributed by atoms with Gasteiger partial charge in [-0.05, 0) is 115 Å². The number of amides is 1. The van der Waals surface area contributed by atoms with Crippen LogP contribution in [0.4, 0.5) is 5.69 Å². The molecule has 284 valence electrons. The van der Waals surface area contributed by atoms with Gasteiger partial charge in [0.25, 0.3) is 0 Å². The van der Waals surface area contributed by atoms with Crippen molar-refractivity contribution >= 4 is 45.9 Å². The van der Waals surface area contributed by atoms with E-state index >= 15 is 0 Å². The first-order valence-corrected chi connectivity index (χ1v) is 19.9. The zero-order valence-electron chi connectivity index (χ0n) is 31.6. The standard InChI is InChI=1S/C41H51N3O7S2/c1-7-25-23-43-17-15-27-19-34(47-3)36(49-5)21-31(27)33(43)14-13-30(25)39-32-22-37(50-6)35(48-4)20-28(32)16-18-44(39)41(52)53-24-38(45)42-29-11-9-26(10-12-29)40(46)51-8-2/h9-12,19-22,25,30,33,39H,7-8,13-18,23-24H2,1-6H3,(H,42,45). The summed E-state index contributed by atoms with van der Waals surface area (Å²) in [6.07, 6.45) is 4.84. The first-order valence-electron chi connectivity index (χ1n) is 18.5. The molecule has 3 aromatic carbocycles. The fraction of sp³-hybridized carbons (Fsp3) is 0.488. The van der Waals surface area contributed by atoms with Crippen molar-refractivity contribution in [3.8, 4) is 23.0 Å². The molecule has 4 unspecified atom stereocenters. The van der Waals surface area contributed by atoms with Crippen molar-refractivity contribution in [1.29, 1.82) is 0 Å². The Morgan fingerprint density at radius 3 is 2.06 bits per heavy atom. The van der Waals surface area contributed by atoms with E-state index < -0.39 is 0 Å². The first kappa shape index (κ1) is 38.7. The van der Waals surface area contributed by atoms with E-state index in [2.05, 4.69) is 46.3 Å². The highest BCUT2D eigenvalue weighted by atomic mass is 32.2. The van der Waals surface area contributed by atoms with Crippen molar-refractivity contribution in [3.63, 3.8) is 0 Å². The highest BCUT2D eigenvalue weighted by molar-refractivity contribution is 8.23. The van der Waals surface area contributed by atoms with Crippen molar-refractivity contribution in [1.82, 2.24) is 9.80 Å². The number of benzene rings is 3. The SMILES string of the molecule is CCOC(=O)c1ccc(NC(=O)CSC(=S)N2CCc3cc(OC)c(OC)cc3C2C2CCC3c4cc(OC)c(OC)cc4CCN3CC2CC)cc1. The van der Waals surface area contributed by atoms with Crippen LogP contribution in [0, 0.1) is 11.8 Å². The molecule has 0 bridgehead atoms. The van der Waals surface area contributed by atoms with E-state index in [-0.39, 0.29) is 29.7 Å². The lowest BCUT2D eigenvalue weighted by molar-refractivity contribution is -0.113.